The summed E-state index contributed by atoms with van der Waals surface area (Å²) in [6.45, 7) is 6.43. The predicted molar refractivity (Wildman–Crippen MR) is 85.4 cm³/mol. The second-order valence-electron chi connectivity index (χ2n) is 4.63. The van der Waals surface area contributed by atoms with E-state index in [0.717, 1.165) is 5.56 Å². The Morgan fingerprint density at radius 1 is 0.900 bits per heavy atom. The highest BCUT2D eigenvalue weighted by molar-refractivity contribution is 7.85. The van der Waals surface area contributed by atoms with Crippen LogP contribution < -0.4 is 5.30 Å². The zero-order valence-corrected chi connectivity index (χ0v) is 13.6. The lowest BCUT2D eigenvalue weighted by Crippen LogP contribution is -1.97. The van der Waals surface area contributed by atoms with E-state index in [-0.39, 0.29) is 12.8 Å². The van der Waals surface area contributed by atoms with Gasteiger partial charge in [-0.15, -0.1) is 0 Å². The average molecular weight is 310 g/mol. The first-order chi connectivity index (χ1) is 9.30. The van der Waals surface area contributed by atoms with Crippen molar-refractivity contribution in [2.75, 3.05) is 13.3 Å². The van der Waals surface area contributed by atoms with Gasteiger partial charge in [0.05, 0.1) is 23.5 Å². The number of rotatable bonds is 2. The van der Waals surface area contributed by atoms with Crippen LogP contribution in [0.4, 0.5) is 0 Å². The van der Waals surface area contributed by atoms with E-state index in [9.17, 15) is 13.0 Å². The highest BCUT2D eigenvalue weighted by Gasteiger charge is 2.01. The second-order valence-corrected chi connectivity index (χ2v) is 8.59. The molecule has 0 saturated heterocycles. The quantitative estimate of drug-likeness (QED) is 0.633. The van der Waals surface area contributed by atoms with Gasteiger partial charge in [0.25, 0.3) is 0 Å². The molecule has 2 aromatic carbocycles. The van der Waals surface area contributed by atoms with Gasteiger partial charge in [-0.05, 0) is 31.2 Å². The number of aryl methyl sites for hydroxylation is 1. The Bertz CT molecular complexity index is 620. The summed E-state index contributed by atoms with van der Waals surface area (Å²) in [5.41, 5.74) is 0.928. The fraction of sp³-hybridized carbons (Fsp3) is 0.200. The molecular formula is C15H19O3PS. The van der Waals surface area contributed by atoms with E-state index in [4.69, 9.17) is 0 Å². The molecule has 0 saturated carbocycles. The van der Waals surface area contributed by atoms with Crippen molar-refractivity contribution in [2.45, 2.75) is 11.8 Å². The summed E-state index contributed by atoms with van der Waals surface area (Å²) in [5, 5.41) is 1.52. The molecule has 0 aliphatic rings. The van der Waals surface area contributed by atoms with Crippen LogP contribution in [0.3, 0.4) is 0 Å². The molecule has 5 heteroatoms. The number of hydrogen-bond donors (Lipinski definition) is 0. The predicted octanol–water partition coefficient (Wildman–Crippen LogP) is 2.68. The van der Waals surface area contributed by atoms with Gasteiger partial charge < -0.3 is 4.55 Å². The molecule has 0 radical (unpaired) electrons. The minimum Gasteiger partial charge on any atom is -0.744 e. The van der Waals surface area contributed by atoms with E-state index in [1.165, 1.54) is 17.4 Å². The smallest absolute Gasteiger partial charge is 0.124 e. The normalized spacial score (nSPS) is 10.8. The summed E-state index contributed by atoms with van der Waals surface area (Å²) >= 11 is 0. The summed E-state index contributed by atoms with van der Waals surface area (Å²) < 4.78 is 31.2. The van der Waals surface area contributed by atoms with E-state index >= 15 is 0 Å². The molecule has 0 aliphatic carbocycles. The lowest BCUT2D eigenvalue weighted by Gasteiger charge is -2.05. The van der Waals surface area contributed by atoms with Crippen molar-refractivity contribution >= 4 is 23.3 Å². The molecule has 0 N–H and O–H groups in total. The van der Waals surface area contributed by atoms with E-state index in [0.29, 0.717) is 0 Å². The van der Waals surface area contributed by atoms with Gasteiger partial charge in [-0.25, -0.2) is 8.42 Å². The maximum absolute atomic E-state index is 10.4. The van der Waals surface area contributed by atoms with Crippen molar-refractivity contribution in [1.82, 2.24) is 0 Å². The fourth-order valence-corrected chi connectivity index (χ4v) is 2.80. The van der Waals surface area contributed by atoms with Crippen LogP contribution >= 0.6 is 7.92 Å². The van der Waals surface area contributed by atoms with Crippen molar-refractivity contribution in [3.8, 4) is 0 Å². The molecule has 20 heavy (non-hydrogen) atoms. The summed E-state index contributed by atoms with van der Waals surface area (Å²) in [7, 11) is -4.48. The van der Waals surface area contributed by atoms with E-state index in [1.54, 1.807) is 12.1 Å². The lowest BCUT2D eigenvalue weighted by atomic mass is 10.2. The Balaban J connectivity index is 0.000000204. The molecule has 0 amide bonds. The third kappa shape index (κ3) is 5.83. The van der Waals surface area contributed by atoms with Crippen LogP contribution in [0.5, 0.6) is 0 Å². The van der Waals surface area contributed by atoms with Gasteiger partial charge in [-0.3, -0.25) is 0 Å². The monoisotopic (exact) mass is 310 g/mol. The summed E-state index contributed by atoms with van der Waals surface area (Å²) in [6.07, 6.45) is 0. The SMILES string of the molecule is C[PH+](C)c1ccccc1.Cc1ccc(S(=O)(=O)[O-])cc1. The van der Waals surface area contributed by atoms with Crippen LogP contribution in [-0.4, -0.2) is 26.3 Å². The first-order valence-electron chi connectivity index (χ1n) is 6.19. The van der Waals surface area contributed by atoms with Gasteiger partial charge in [-0.2, -0.15) is 0 Å². The highest BCUT2D eigenvalue weighted by Crippen LogP contribution is 2.22. The van der Waals surface area contributed by atoms with E-state index in [2.05, 4.69) is 43.7 Å². The average Bonchev–Trinajstić information content (AvgIpc) is 2.40. The first-order valence-corrected chi connectivity index (χ1v) is 10.1. The minimum atomic E-state index is -4.27. The van der Waals surface area contributed by atoms with Crippen molar-refractivity contribution in [1.29, 1.82) is 0 Å². The Hall–Kier alpha value is -1.22. The Morgan fingerprint density at radius 3 is 1.75 bits per heavy atom. The summed E-state index contributed by atoms with van der Waals surface area (Å²) in [6, 6.07) is 16.5. The fourth-order valence-electron chi connectivity index (χ4n) is 1.48. The topological polar surface area (TPSA) is 57.2 Å². The van der Waals surface area contributed by atoms with Gasteiger partial charge >= 0.3 is 0 Å². The maximum Gasteiger partial charge on any atom is 0.124 e. The van der Waals surface area contributed by atoms with Gasteiger partial charge in [0.1, 0.15) is 10.1 Å². The molecule has 2 rings (SSSR count). The minimum absolute atomic E-state index is 0.178. The molecule has 0 atom stereocenters. The van der Waals surface area contributed by atoms with Crippen molar-refractivity contribution in [3.05, 3.63) is 60.2 Å². The highest BCUT2D eigenvalue weighted by atomic mass is 32.2. The molecule has 0 aromatic heterocycles. The number of benzene rings is 2. The van der Waals surface area contributed by atoms with Crippen LogP contribution in [0.2, 0.25) is 0 Å². The van der Waals surface area contributed by atoms with Crippen molar-refractivity contribution < 1.29 is 13.0 Å². The summed E-state index contributed by atoms with van der Waals surface area (Å²) in [4.78, 5) is -0.178. The third-order valence-electron chi connectivity index (χ3n) is 2.66. The Kier molecular flexibility index (Phi) is 6.34. The van der Waals surface area contributed by atoms with Crippen molar-refractivity contribution in [3.63, 3.8) is 0 Å². The van der Waals surface area contributed by atoms with Crippen LogP contribution in [0.15, 0.2) is 59.5 Å². The van der Waals surface area contributed by atoms with E-state index < -0.39 is 10.1 Å². The lowest BCUT2D eigenvalue weighted by molar-refractivity contribution is 0.463. The molecule has 0 aliphatic heterocycles. The zero-order valence-electron chi connectivity index (χ0n) is 11.8. The van der Waals surface area contributed by atoms with Crippen LogP contribution in [0, 0.1) is 6.92 Å². The van der Waals surface area contributed by atoms with Crippen molar-refractivity contribution in [2.24, 2.45) is 0 Å². The van der Waals surface area contributed by atoms with Gasteiger partial charge in [0.15, 0.2) is 0 Å². The van der Waals surface area contributed by atoms with Gasteiger partial charge in [0, 0.05) is 7.92 Å². The Morgan fingerprint density at radius 2 is 1.40 bits per heavy atom. The molecule has 0 spiro atoms. The molecule has 0 fully saturated rings. The standard InChI is InChI=1S/C8H11P.C7H8O3S/c1-9(2)8-6-4-3-5-7-8;1-6-2-4-7(5-3-6)11(8,9)10/h3-7H,1-2H3;2-5H,1H3,(H,8,9,10). The van der Waals surface area contributed by atoms with Gasteiger partial charge in [-0.1, -0.05) is 35.9 Å². The first kappa shape index (κ1) is 16.8. The van der Waals surface area contributed by atoms with Crippen LogP contribution in [0.25, 0.3) is 0 Å². The molecule has 0 heterocycles. The molecule has 0 bridgehead atoms. The molecule has 2 aromatic rings. The molecule has 0 unspecified atom stereocenters. The van der Waals surface area contributed by atoms with Crippen LogP contribution in [-0.2, 0) is 10.1 Å². The molecular weight excluding hydrogens is 291 g/mol. The van der Waals surface area contributed by atoms with Crippen LogP contribution in [0.1, 0.15) is 5.56 Å². The molecule has 3 nitrogen and oxygen atoms in total. The largest absolute Gasteiger partial charge is 0.744 e. The third-order valence-corrected chi connectivity index (χ3v) is 5.00. The second kappa shape index (κ2) is 7.53. The zero-order chi connectivity index (χ0) is 15.2. The van der Waals surface area contributed by atoms with Gasteiger partial charge in [0.2, 0.25) is 0 Å². The summed E-state index contributed by atoms with van der Waals surface area (Å²) in [5.74, 6) is 0. The van der Waals surface area contributed by atoms with E-state index in [1.807, 2.05) is 6.92 Å². The Labute approximate surface area is 122 Å². The molecule has 108 valence electrons. The number of hydrogen-bond acceptors (Lipinski definition) is 3. The maximum atomic E-state index is 10.4.